The number of carbonyl (C=O) groups excluding carboxylic acids is 1. The number of aromatic nitrogens is 2. The minimum Gasteiger partial charge on any atom is -0.493 e. The number of rotatable bonds is 5. The molecule has 146 valence electrons. The average molecular weight is 372 g/mol. The van der Waals surface area contributed by atoms with Crippen molar-refractivity contribution in [3.63, 3.8) is 0 Å². The lowest BCUT2D eigenvalue weighted by molar-refractivity contribution is -0.135. The first-order chi connectivity index (χ1) is 12.8. The fourth-order valence-electron chi connectivity index (χ4n) is 3.75. The van der Waals surface area contributed by atoms with E-state index in [1.54, 1.807) is 20.4 Å². The number of hydrogen-bond donors (Lipinski definition) is 1. The van der Waals surface area contributed by atoms with Crippen molar-refractivity contribution < 1.29 is 14.3 Å². The van der Waals surface area contributed by atoms with E-state index < -0.39 is 5.41 Å². The first-order valence-corrected chi connectivity index (χ1v) is 9.04. The molecule has 2 atom stereocenters. The van der Waals surface area contributed by atoms with Crippen LogP contribution in [-0.2, 0) is 17.3 Å². The standard InChI is InChI=1S/C20H28N4O3/c1-20(2,13-6-7-16(26-4)17(10-13)27-5)19(25)24-11-14(15(21)12-24)18-22-8-9-23(18)3/h6-10,14-15H,11-12,21H2,1-5H3/t14-,15-/m1/s1. The summed E-state index contributed by atoms with van der Waals surface area (Å²) in [6.45, 7) is 4.95. The van der Waals surface area contributed by atoms with Crippen LogP contribution in [0.15, 0.2) is 30.6 Å². The van der Waals surface area contributed by atoms with Crippen molar-refractivity contribution in [2.45, 2.75) is 31.2 Å². The van der Waals surface area contributed by atoms with E-state index in [-0.39, 0.29) is 17.9 Å². The van der Waals surface area contributed by atoms with Gasteiger partial charge in [0.2, 0.25) is 5.91 Å². The largest absolute Gasteiger partial charge is 0.493 e. The number of aryl methyl sites for hydroxylation is 1. The van der Waals surface area contributed by atoms with Crippen LogP contribution in [0.5, 0.6) is 11.5 Å². The van der Waals surface area contributed by atoms with E-state index in [0.29, 0.717) is 24.6 Å². The van der Waals surface area contributed by atoms with Crippen LogP contribution in [0.3, 0.4) is 0 Å². The number of carbonyl (C=O) groups is 1. The molecular formula is C20H28N4O3. The monoisotopic (exact) mass is 372 g/mol. The lowest BCUT2D eigenvalue weighted by Gasteiger charge is -2.30. The Bertz CT molecular complexity index is 830. The minimum atomic E-state index is -0.713. The predicted molar refractivity (Wildman–Crippen MR) is 103 cm³/mol. The molecule has 0 saturated carbocycles. The van der Waals surface area contributed by atoms with Crippen molar-refractivity contribution in [1.29, 1.82) is 0 Å². The van der Waals surface area contributed by atoms with Gasteiger partial charge in [-0.05, 0) is 31.5 Å². The highest BCUT2D eigenvalue weighted by molar-refractivity contribution is 5.88. The number of likely N-dealkylation sites (tertiary alicyclic amines) is 1. The molecule has 0 aliphatic carbocycles. The predicted octanol–water partition coefficient (Wildman–Crippen LogP) is 1.67. The summed E-state index contributed by atoms with van der Waals surface area (Å²) in [4.78, 5) is 19.6. The van der Waals surface area contributed by atoms with Crippen LogP contribution in [0.4, 0.5) is 0 Å². The molecule has 1 aromatic heterocycles. The van der Waals surface area contributed by atoms with E-state index in [2.05, 4.69) is 4.98 Å². The lowest BCUT2D eigenvalue weighted by Crippen LogP contribution is -2.43. The topological polar surface area (TPSA) is 82.6 Å². The Morgan fingerprint density at radius 3 is 2.52 bits per heavy atom. The van der Waals surface area contributed by atoms with E-state index in [0.717, 1.165) is 11.4 Å². The molecule has 2 aromatic rings. The van der Waals surface area contributed by atoms with Crippen molar-refractivity contribution in [3.05, 3.63) is 42.0 Å². The molecule has 1 saturated heterocycles. The van der Waals surface area contributed by atoms with Crippen LogP contribution < -0.4 is 15.2 Å². The van der Waals surface area contributed by atoms with Crippen LogP contribution in [0.25, 0.3) is 0 Å². The molecular weight excluding hydrogens is 344 g/mol. The third kappa shape index (κ3) is 3.39. The van der Waals surface area contributed by atoms with Gasteiger partial charge in [0.25, 0.3) is 0 Å². The molecule has 1 aliphatic rings. The van der Waals surface area contributed by atoms with E-state index in [4.69, 9.17) is 15.2 Å². The van der Waals surface area contributed by atoms with Gasteiger partial charge >= 0.3 is 0 Å². The second-order valence-corrected chi connectivity index (χ2v) is 7.57. The highest BCUT2D eigenvalue weighted by Gasteiger charge is 2.41. The zero-order valence-corrected chi connectivity index (χ0v) is 16.6. The quantitative estimate of drug-likeness (QED) is 0.863. The van der Waals surface area contributed by atoms with Gasteiger partial charge < -0.3 is 24.7 Å². The summed E-state index contributed by atoms with van der Waals surface area (Å²) in [7, 11) is 5.14. The van der Waals surface area contributed by atoms with Crippen molar-refractivity contribution in [3.8, 4) is 11.5 Å². The maximum atomic E-state index is 13.3. The van der Waals surface area contributed by atoms with Crippen LogP contribution in [0.1, 0.15) is 31.2 Å². The highest BCUT2D eigenvalue weighted by Crippen LogP contribution is 2.36. The summed E-state index contributed by atoms with van der Waals surface area (Å²) in [5.41, 5.74) is 6.51. The van der Waals surface area contributed by atoms with Crippen molar-refractivity contribution in [2.24, 2.45) is 12.8 Å². The lowest BCUT2D eigenvalue weighted by atomic mass is 9.83. The van der Waals surface area contributed by atoms with Gasteiger partial charge in [-0.15, -0.1) is 0 Å². The van der Waals surface area contributed by atoms with E-state index >= 15 is 0 Å². The maximum Gasteiger partial charge on any atom is 0.232 e. The summed E-state index contributed by atoms with van der Waals surface area (Å²) in [6, 6.07) is 5.47. The van der Waals surface area contributed by atoms with E-state index in [1.807, 2.05) is 54.8 Å². The van der Waals surface area contributed by atoms with Gasteiger partial charge in [-0.1, -0.05) is 6.07 Å². The Labute approximate surface area is 160 Å². The number of methoxy groups -OCH3 is 2. The molecule has 0 spiro atoms. The van der Waals surface area contributed by atoms with Crippen LogP contribution >= 0.6 is 0 Å². The normalized spacial score (nSPS) is 20.0. The van der Waals surface area contributed by atoms with Crippen LogP contribution in [0.2, 0.25) is 0 Å². The Kier molecular flexibility index (Phi) is 5.15. The first-order valence-electron chi connectivity index (χ1n) is 9.04. The molecule has 2 heterocycles. The molecule has 7 nitrogen and oxygen atoms in total. The van der Waals surface area contributed by atoms with Gasteiger partial charge in [0, 0.05) is 38.6 Å². The summed E-state index contributed by atoms with van der Waals surface area (Å²) in [5, 5.41) is 0. The second-order valence-electron chi connectivity index (χ2n) is 7.57. The number of nitrogens with two attached hydrogens (primary N) is 1. The van der Waals surface area contributed by atoms with Crippen molar-refractivity contribution >= 4 is 5.91 Å². The van der Waals surface area contributed by atoms with Gasteiger partial charge in [-0.25, -0.2) is 4.98 Å². The van der Waals surface area contributed by atoms with Crippen molar-refractivity contribution in [2.75, 3.05) is 27.3 Å². The number of imidazole rings is 1. The number of benzene rings is 1. The van der Waals surface area contributed by atoms with Gasteiger partial charge in [0.1, 0.15) is 5.82 Å². The zero-order valence-electron chi connectivity index (χ0n) is 16.6. The minimum absolute atomic E-state index is 0.0372. The molecule has 1 aliphatic heterocycles. The highest BCUT2D eigenvalue weighted by atomic mass is 16.5. The molecule has 1 aromatic carbocycles. The molecule has 7 heteroatoms. The number of amides is 1. The van der Waals surface area contributed by atoms with Gasteiger partial charge in [0.15, 0.2) is 11.5 Å². The summed E-state index contributed by atoms with van der Waals surface area (Å²) in [6.07, 6.45) is 3.67. The van der Waals surface area contributed by atoms with Crippen molar-refractivity contribution in [1.82, 2.24) is 14.5 Å². The maximum absolute atomic E-state index is 13.3. The number of hydrogen-bond acceptors (Lipinski definition) is 5. The van der Waals surface area contributed by atoms with Gasteiger partial charge in [-0.2, -0.15) is 0 Å². The second kappa shape index (κ2) is 7.23. The Morgan fingerprint density at radius 1 is 1.22 bits per heavy atom. The van der Waals surface area contributed by atoms with Gasteiger partial charge in [0.05, 0.1) is 25.6 Å². The third-order valence-corrected chi connectivity index (χ3v) is 5.48. The number of nitrogens with zero attached hydrogens (tertiary/aromatic N) is 3. The van der Waals surface area contributed by atoms with E-state index in [1.165, 1.54) is 0 Å². The molecule has 27 heavy (non-hydrogen) atoms. The summed E-state index contributed by atoms with van der Waals surface area (Å²) >= 11 is 0. The Hall–Kier alpha value is -2.54. The van der Waals surface area contributed by atoms with Crippen LogP contribution in [0, 0.1) is 0 Å². The molecule has 0 bridgehead atoms. The fourth-order valence-corrected chi connectivity index (χ4v) is 3.75. The smallest absolute Gasteiger partial charge is 0.232 e. The third-order valence-electron chi connectivity index (χ3n) is 5.48. The van der Waals surface area contributed by atoms with E-state index in [9.17, 15) is 4.79 Å². The number of ether oxygens (including phenoxy) is 2. The molecule has 0 radical (unpaired) electrons. The zero-order chi connectivity index (χ0) is 19.8. The Balaban J connectivity index is 1.83. The molecule has 2 N–H and O–H groups in total. The molecule has 3 rings (SSSR count). The Morgan fingerprint density at radius 2 is 1.93 bits per heavy atom. The first kappa shape index (κ1) is 19.2. The summed E-state index contributed by atoms with van der Waals surface area (Å²) in [5.74, 6) is 2.25. The van der Waals surface area contributed by atoms with Gasteiger partial charge in [-0.3, -0.25) is 4.79 Å². The molecule has 1 amide bonds. The molecule has 1 fully saturated rings. The molecule has 0 unspecified atom stereocenters. The fraction of sp³-hybridized carbons (Fsp3) is 0.500. The average Bonchev–Trinajstić information content (AvgIpc) is 3.25. The summed E-state index contributed by atoms with van der Waals surface area (Å²) < 4.78 is 12.7. The SMILES string of the molecule is COc1ccc(C(C)(C)C(=O)N2C[C@@H](N)[C@H](c3nccn3C)C2)cc1OC. The van der Waals surface area contributed by atoms with Crippen LogP contribution in [-0.4, -0.2) is 53.7 Å².